The molecule has 3 heteroatoms. The number of hydrogen-bond donors (Lipinski definition) is 0. The second kappa shape index (κ2) is 4.28. The number of carbonyl (C=O) groups is 1. The lowest BCUT2D eigenvalue weighted by Gasteiger charge is -1.97. The molecule has 1 aromatic rings. The summed E-state index contributed by atoms with van der Waals surface area (Å²) in [5, 5.41) is 0. The molecule has 1 amide bonds. The Balaban J connectivity index is 2.59. The molecule has 1 aromatic carbocycles. The smallest absolute Gasteiger partial charge is 0.409 e. The van der Waals surface area contributed by atoms with Crippen LogP contribution in [-0.4, -0.2) is 12.3 Å². The normalized spacial score (nSPS) is 10.1. The van der Waals surface area contributed by atoms with Gasteiger partial charge in [-0.25, -0.2) is 4.79 Å². The molecular weight excluding hydrogens is 154 g/mol. The Labute approximate surface area is 70.7 Å². The van der Waals surface area contributed by atoms with Gasteiger partial charge in [-0.1, -0.05) is 18.2 Å². The van der Waals surface area contributed by atoms with Crippen molar-refractivity contribution in [2.24, 2.45) is 4.99 Å². The highest BCUT2D eigenvalue weighted by Crippen LogP contribution is 2.08. The lowest BCUT2D eigenvalue weighted by atomic mass is 10.3. The van der Waals surface area contributed by atoms with Crippen molar-refractivity contribution in [1.82, 2.24) is 0 Å². The van der Waals surface area contributed by atoms with E-state index in [4.69, 9.17) is 4.74 Å². The van der Waals surface area contributed by atoms with Crippen LogP contribution < -0.4 is 4.74 Å². The minimum atomic E-state index is -0.594. The highest BCUT2D eigenvalue weighted by atomic mass is 16.5. The predicted molar refractivity (Wildman–Crippen MR) is 46.6 cm³/mol. The molecule has 0 saturated heterocycles. The average Bonchev–Trinajstić information content (AvgIpc) is 2.06. The number of benzene rings is 1. The second-order valence-corrected chi connectivity index (χ2v) is 2.07. The largest absolute Gasteiger partial charge is 0.438 e. The Bertz CT molecular complexity index is 280. The maximum absolute atomic E-state index is 10.8. The summed E-state index contributed by atoms with van der Waals surface area (Å²) in [5.74, 6) is 0.508. The van der Waals surface area contributed by atoms with Gasteiger partial charge in [0.1, 0.15) is 5.75 Å². The number of nitrogens with zero attached hydrogens (tertiary/aromatic N) is 1. The van der Waals surface area contributed by atoms with Crippen LogP contribution in [0.5, 0.6) is 5.75 Å². The molecule has 0 fully saturated rings. The van der Waals surface area contributed by atoms with E-state index in [1.807, 2.05) is 6.07 Å². The van der Waals surface area contributed by atoms with Crippen LogP contribution in [0.15, 0.2) is 35.3 Å². The van der Waals surface area contributed by atoms with Gasteiger partial charge in [-0.3, -0.25) is 0 Å². The molecule has 0 radical (unpaired) electrons. The number of aliphatic imine (C=N–C) groups is 1. The molecule has 0 bridgehead atoms. The Morgan fingerprint density at radius 2 is 2.08 bits per heavy atom. The van der Waals surface area contributed by atoms with Gasteiger partial charge in [0, 0.05) is 6.21 Å². The molecule has 0 aliphatic carbocycles. The number of hydrogen-bond acceptors (Lipinski definition) is 2. The van der Waals surface area contributed by atoms with Crippen LogP contribution in [0.1, 0.15) is 6.92 Å². The average molecular weight is 163 g/mol. The first-order chi connectivity index (χ1) is 5.83. The maximum Gasteiger partial charge on any atom is 0.438 e. The van der Waals surface area contributed by atoms with E-state index in [0.717, 1.165) is 0 Å². The second-order valence-electron chi connectivity index (χ2n) is 2.07. The van der Waals surface area contributed by atoms with Crippen LogP contribution in [0.25, 0.3) is 0 Å². The summed E-state index contributed by atoms with van der Waals surface area (Å²) in [5.41, 5.74) is 0. The van der Waals surface area contributed by atoms with Gasteiger partial charge in [0.2, 0.25) is 0 Å². The number of para-hydroxylation sites is 1. The summed E-state index contributed by atoms with van der Waals surface area (Å²) in [7, 11) is 0. The Morgan fingerprint density at radius 3 is 2.67 bits per heavy atom. The fourth-order valence-electron chi connectivity index (χ4n) is 0.721. The number of amides is 1. The van der Waals surface area contributed by atoms with Crippen LogP contribution in [0.4, 0.5) is 4.79 Å². The van der Waals surface area contributed by atoms with Gasteiger partial charge in [0.05, 0.1) is 0 Å². The molecule has 0 saturated carbocycles. The van der Waals surface area contributed by atoms with Crippen molar-refractivity contribution < 1.29 is 9.53 Å². The first kappa shape index (κ1) is 8.46. The summed E-state index contributed by atoms with van der Waals surface area (Å²) in [6.45, 7) is 1.66. The van der Waals surface area contributed by atoms with Crippen molar-refractivity contribution in [3.63, 3.8) is 0 Å². The Hall–Kier alpha value is -1.64. The molecule has 62 valence electrons. The highest BCUT2D eigenvalue weighted by Gasteiger charge is 1.98. The first-order valence-electron chi connectivity index (χ1n) is 3.58. The summed E-state index contributed by atoms with van der Waals surface area (Å²) >= 11 is 0. The van der Waals surface area contributed by atoms with Gasteiger partial charge >= 0.3 is 6.09 Å². The first-order valence-corrected chi connectivity index (χ1v) is 3.58. The zero-order chi connectivity index (χ0) is 8.81. The third-order valence-corrected chi connectivity index (χ3v) is 1.18. The SMILES string of the molecule is CC=NC(=O)Oc1ccccc1. The van der Waals surface area contributed by atoms with Crippen molar-refractivity contribution >= 4 is 12.3 Å². The zero-order valence-corrected chi connectivity index (χ0v) is 6.73. The van der Waals surface area contributed by atoms with E-state index in [-0.39, 0.29) is 0 Å². The standard InChI is InChI=1S/C9H9NO2/c1-2-10-9(11)12-8-6-4-3-5-7-8/h2-7H,1H3. The summed E-state index contributed by atoms with van der Waals surface area (Å²) in [6.07, 6.45) is 0.800. The van der Waals surface area contributed by atoms with Gasteiger partial charge in [-0.2, -0.15) is 4.99 Å². The third kappa shape index (κ3) is 2.54. The molecule has 0 heterocycles. The molecule has 12 heavy (non-hydrogen) atoms. The lowest BCUT2D eigenvalue weighted by molar-refractivity contribution is 0.211. The Kier molecular flexibility index (Phi) is 3.02. The molecule has 3 nitrogen and oxygen atoms in total. The number of ether oxygens (including phenoxy) is 1. The van der Waals surface area contributed by atoms with E-state index in [1.54, 1.807) is 31.2 Å². The highest BCUT2D eigenvalue weighted by molar-refractivity contribution is 5.79. The van der Waals surface area contributed by atoms with Gasteiger partial charge in [-0.15, -0.1) is 0 Å². The third-order valence-electron chi connectivity index (χ3n) is 1.18. The van der Waals surface area contributed by atoms with Crippen molar-refractivity contribution in [2.75, 3.05) is 0 Å². The molecule has 0 unspecified atom stereocenters. The van der Waals surface area contributed by atoms with Crippen molar-refractivity contribution in [1.29, 1.82) is 0 Å². The quantitative estimate of drug-likeness (QED) is 0.595. The van der Waals surface area contributed by atoms with Crippen LogP contribution >= 0.6 is 0 Å². The molecule has 0 spiro atoms. The summed E-state index contributed by atoms with van der Waals surface area (Å²) in [4.78, 5) is 14.2. The fourth-order valence-corrected chi connectivity index (χ4v) is 0.721. The Morgan fingerprint density at radius 1 is 1.42 bits per heavy atom. The maximum atomic E-state index is 10.8. The summed E-state index contributed by atoms with van der Waals surface area (Å²) in [6, 6.07) is 8.82. The van der Waals surface area contributed by atoms with Gasteiger partial charge in [0.25, 0.3) is 0 Å². The van der Waals surface area contributed by atoms with E-state index < -0.39 is 6.09 Å². The lowest BCUT2D eigenvalue weighted by Crippen LogP contribution is -2.01. The molecular formula is C9H9NO2. The topological polar surface area (TPSA) is 38.7 Å². The molecule has 0 N–H and O–H groups in total. The van der Waals surface area contributed by atoms with E-state index in [9.17, 15) is 4.79 Å². The van der Waals surface area contributed by atoms with Crippen LogP contribution in [-0.2, 0) is 0 Å². The monoisotopic (exact) mass is 163 g/mol. The number of rotatable bonds is 1. The molecule has 1 rings (SSSR count). The van der Waals surface area contributed by atoms with Crippen LogP contribution in [0.3, 0.4) is 0 Å². The fraction of sp³-hybridized carbons (Fsp3) is 0.111. The molecule has 0 aromatic heterocycles. The predicted octanol–water partition coefficient (Wildman–Crippen LogP) is 2.28. The van der Waals surface area contributed by atoms with E-state index in [2.05, 4.69) is 4.99 Å². The van der Waals surface area contributed by atoms with Gasteiger partial charge in [0.15, 0.2) is 0 Å². The molecule has 0 aliphatic heterocycles. The summed E-state index contributed by atoms with van der Waals surface area (Å²) < 4.78 is 4.82. The molecule has 0 aliphatic rings. The van der Waals surface area contributed by atoms with Crippen LogP contribution in [0, 0.1) is 0 Å². The van der Waals surface area contributed by atoms with Crippen molar-refractivity contribution in [2.45, 2.75) is 6.92 Å². The minimum Gasteiger partial charge on any atom is -0.409 e. The minimum absolute atomic E-state index is 0.508. The van der Waals surface area contributed by atoms with E-state index in [1.165, 1.54) is 6.21 Å². The van der Waals surface area contributed by atoms with Gasteiger partial charge in [-0.05, 0) is 19.1 Å². The van der Waals surface area contributed by atoms with E-state index >= 15 is 0 Å². The van der Waals surface area contributed by atoms with Crippen molar-refractivity contribution in [3.8, 4) is 5.75 Å². The van der Waals surface area contributed by atoms with Crippen LogP contribution in [0.2, 0.25) is 0 Å². The zero-order valence-electron chi connectivity index (χ0n) is 6.73. The van der Waals surface area contributed by atoms with Gasteiger partial charge < -0.3 is 4.74 Å². The molecule has 0 atom stereocenters. The van der Waals surface area contributed by atoms with Crippen molar-refractivity contribution in [3.05, 3.63) is 30.3 Å². The number of carbonyl (C=O) groups excluding carboxylic acids is 1. The van der Waals surface area contributed by atoms with E-state index in [0.29, 0.717) is 5.75 Å².